The highest BCUT2D eigenvalue weighted by Gasteiger charge is 2.30. The van der Waals surface area contributed by atoms with E-state index in [1.54, 1.807) is 0 Å². The van der Waals surface area contributed by atoms with Crippen LogP contribution in [0.2, 0.25) is 0 Å². The van der Waals surface area contributed by atoms with Crippen LogP contribution < -0.4 is 5.32 Å². The van der Waals surface area contributed by atoms with Crippen LogP contribution in [0.15, 0.2) is 41.0 Å². The summed E-state index contributed by atoms with van der Waals surface area (Å²) in [6, 6.07) is 5.92. The molecule has 0 saturated heterocycles. The van der Waals surface area contributed by atoms with Crippen molar-refractivity contribution in [1.29, 1.82) is 0 Å². The van der Waals surface area contributed by atoms with Crippen LogP contribution in [0.1, 0.15) is 21.7 Å². The van der Waals surface area contributed by atoms with Crippen molar-refractivity contribution in [3.63, 3.8) is 0 Å². The normalized spacial score (nSPS) is 11.3. The molecule has 0 radical (unpaired) electrons. The van der Waals surface area contributed by atoms with Gasteiger partial charge in [0.25, 0.3) is 0 Å². The Labute approximate surface area is 111 Å². The predicted molar refractivity (Wildman–Crippen MR) is 64.4 cm³/mol. The van der Waals surface area contributed by atoms with Crippen molar-refractivity contribution in [1.82, 2.24) is 0 Å². The lowest BCUT2D eigenvalue weighted by Gasteiger charge is -2.10. The summed E-state index contributed by atoms with van der Waals surface area (Å²) in [5.41, 5.74) is -0.572. The number of alkyl halides is 3. The largest absolute Gasteiger partial charge is 0.478 e. The standard InChI is InChI=1S/C13H10F3NO3/c14-13(15,16)8-2-1-3-9(6-8)17-7-11-10(12(18)19)4-5-20-11/h1-6,17H,7H2,(H,18,19). The van der Waals surface area contributed by atoms with Crippen LogP contribution in [-0.4, -0.2) is 11.1 Å². The van der Waals surface area contributed by atoms with Gasteiger partial charge in [-0.25, -0.2) is 4.79 Å². The van der Waals surface area contributed by atoms with E-state index in [2.05, 4.69) is 5.32 Å². The molecule has 0 fully saturated rings. The Balaban J connectivity index is 2.11. The van der Waals surface area contributed by atoms with Gasteiger partial charge in [-0.2, -0.15) is 13.2 Å². The summed E-state index contributed by atoms with van der Waals surface area (Å²) in [7, 11) is 0. The van der Waals surface area contributed by atoms with Crippen LogP contribution in [0.4, 0.5) is 18.9 Å². The Bertz CT molecular complexity index is 619. The zero-order chi connectivity index (χ0) is 14.8. The van der Waals surface area contributed by atoms with Crippen molar-refractivity contribution in [3.05, 3.63) is 53.5 Å². The minimum atomic E-state index is -4.42. The molecule has 2 rings (SSSR count). The maximum absolute atomic E-state index is 12.5. The number of carboxylic acid groups (broad SMARTS) is 1. The first-order chi connectivity index (χ1) is 9.38. The fourth-order valence-electron chi connectivity index (χ4n) is 1.66. The number of hydrogen-bond acceptors (Lipinski definition) is 3. The maximum atomic E-state index is 12.5. The van der Waals surface area contributed by atoms with Crippen molar-refractivity contribution in [3.8, 4) is 0 Å². The summed E-state index contributed by atoms with van der Waals surface area (Å²) in [5, 5.41) is 11.6. The van der Waals surface area contributed by atoms with Gasteiger partial charge in [-0.15, -0.1) is 0 Å². The fraction of sp³-hybridized carbons (Fsp3) is 0.154. The molecule has 2 N–H and O–H groups in total. The fourth-order valence-corrected chi connectivity index (χ4v) is 1.66. The minimum Gasteiger partial charge on any atom is -0.478 e. The lowest BCUT2D eigenvalue weighted by molar-refractivity contribution is -0.137. The zero-order valence-corrected chi connectivity index (χ0v) is 10.1. The van der Waals surface area contributed by atoms with Crippen LogP contribution in [0, 0.1) is 0 Å². The van der Waals surface area contributed by atoms with Crippen LogP contribution >= 0.6 is 0 Å². The summed E-state index contributed by atoms with van der Waals surface area (Å²) in [6.45, 7) is -0.0179. The summed E-state index contributed by atoms with van der Waals surface area (Å²) in [6.07, 6.45) is -3.21. The molecule has 0 bridgehead atoms. The molecule has 1 aromatic heterocycles. The Morgan fingerprint density at radius 2 is 2.05 bits per heavy atom. The molecule has 0 amide bonds. The molecule has 106 valence electrons. The summed E-state index contributed by atoms with van der Waals surface area (Å²) in [5.74, 6) is -1.01. The van der Waals surface area contributed by atoms with E-state index in [4.69, 9.17) is 9.52 Å². The summed E-state index contributed by atoms with van der Waals surface area (Å²) >= 11 is 0. The second-order valence-electron chi connectivity index (χ2n) is 3.99. The first-order valence-corrected chi connectivity index (χ1v) is 5.58. The topological polar surface area (TPSA) is 62.5 Å². The molecule has 0 atom stereocenters. The van der Waals surface area contributed by atoms with Crippen molar-refractivity contribution in [2.75, 3.05) is 5.32 Å². The molecule has 0 saturated carbocycles. The number of carboxylic acids is 1. The second-order valence-corrected chi connectivity index (χ2v) is 3.99. The predicted octanol–water partition coefficient (Wildman–Crippen LogP) is 3.61. The van der Waals surface area contributed by atoms with E-state index in [9.17, 15) is 18.0 Å². The molecule has 0 unspecified atom stereocenters. The number of furan rings is 1. The molecular weight excluding hydrogens is 275 g/mol. The van der Waals surface area contributed by atoms with Crippen LogP contribution in [0.25, 0.3) is 0 Å². The highest BCUT2D eigenvalue weighted by molar-refractivity contribution is 5.88. The highest BCUT2D eigenvalue weighted by atomic mass is 19.4. The lowest BCUT2D eigenvalue weighted by atomic mass is 10.2. The van der Waals surface area contributed by atoms with E-state index >= 15 is 0 Å². The van der Waals surface area contributed by atoms with Gasteiger partial charge in [0.2, 0.25) is 0 Å². The van der Waals surface area contributed by atoms with E-state index in [1.807, 2.05) is 0 Å². The molecule has 7 heteroatoms. The number of aromatic carboxylic acids is 1. The van der Waals surface area contributed by atoms with Crippen molar-refractivity contribution < 1.29 is 27.5 Å². The highest BCUT2D eigenvalue weighted by Crippen LogP contribution is 2.30. The number of halogens is 3. The van der Waals surface area contributed by atoms with Crippen LogP contribution in [0.5, 0.6) is 0 Å². The molecule has 0 spiro atoms. The number of benzene rings is 1. The van der Waals surface area contributed by atoms with Gasteiger partial charge in [0.15, 0.2) is 0 Å². The smallest absolute Gasteiger partial charge is 0.416 e. The molecule has 0 aliphatic heterocycles. The van der Waals surface area contributed by atoms with Gasteiger partial charge in [0.05, 0.1) is 18.4 Å². The van der Waals surface area contributed by atoms with Gasteiger partial charge in [-0.1, -0.05) is 6.07 Å². The number of hydrogen-bond donors (Lipinski definition) is 2. The van der Waals surface area contributed by atoms with E-state index < -0.39 is 17.7 Å². The lowest BCUT2D eigenvalue weighted by Crippen LogP contribution is -2.07. The van der Waals surface area contributed by atoms with Gasteiger partial charge in [0, 0.05) is 5.69 Å². The number of anilines is 1. The summed E-state index contributed by atoms with van der Waals surface area (Å²) in [4.78, 5) is 10.8. The molecular formula is C13H10F3NO3. The van der Waals surface area contributed by atoms with Gasteiger partial charge < -0.3 is 14.8 Å². The number of rotatable bonds is 4. The van der Waals surface area contributed by atoms with Gasteiger partial charge >= 0.3 is 12.1 Å². The van der Waals surface area contributed by atoms with Crippen molar-refractivity contribution in [2.45, 2.75) is 12.7 Å². The van der Waals surface area contributed by atoms with Gasteiger partial charge in [0.1, 0.15) is 11.3 Å². The SMILES string of the molecule is O=C(O)c1ccoc1CNc1cccc(C(F)(F)F)c1. The Kier molecular flexibility index (Phi) is 3.69. The van der Waals surface area contributed by atoms with Gasteiger partial charge in [-0.05, 0) is 24.3 Å². The Hall–Kier alpha value is -2.44. The van der Waals surface area contributed by atoms with Crippen LogP contribution in [0.3, 0.4) is 0 Å². The molecule has 4 nitrogen and oxygen atoms in total. The summed E-state index contributed by atoms with van der Waals surface area (Å²) < 4.78 is 42.6. The molecule has 2 aromatic rings. The Morgan fingerprint density at radius 3 is 2.70 bits per heavy atom. The van der Waals surface area contributed by atoms with E-state index in [0.717, 1.165) is 12.1 Å². The molecule has 1 heterocycles. The quantitative estimate of drug-likeness (QED) is 0.900. The molecule has 0 aliphatic carbocycles. The van der Waals surface area contributed by atoms with E-state index in [0.29, 0.717) is 0 Å². The minimum absolute atomic E-state index is 0.0179. The molecule has 0 aliphatic rings. The Morgan fingerprint density at radius 1 is 1.30 bits per heavy atom. The average molecular weight is 285 g/mol. The van der Waals surface area contributed by atoms with Gasteiger partial charge in [-0.3, -0.25) is 0 Å². The monoisotopic (exact) mass is 285 g/mol. The van der Waals surface area contributed by atoms with E-state index in [1.165, 1.54) is 24.5 Å². The van der Waals surface area contributed by atoms with Crippen LogP contribution in [-0.2, 0) is 12.7 Å². The average Bonchev–Trinajstić information content (AvgIpc) is 2.84. The second kappa shape index (κ2) is 5.28. The number of carbonyl (C=O) groups is 1. The van der Waals surface area contributed by atoms with E-state index in [-0.39, 0.29) is 23.6 Å². The van der Waals surface area contributed by atoms with Crippen molar-refractivity contribution >= 4 is 11.7 Å². The maximum Gasteiger partial charge on any atom is 0.416 e. The molecule has 1 aromatic carbocycles. The first kappa shape index (κ1) is 14.0. The third-order valence-electron chi connectivity index (χ3n) is 2.62. The number of nitrogens with one attached hydrogen (secondary N) is 1. The van der Waals surface area contributed by atoms with Crippen molar-refractivity contribution in [2.24, 2.45) is 0 Å². The molecule has 20 heavy (non-hydrogen) atoms. The zero-order valence-electron chi connectivity index (χ0n) is 10.1. The first-order valence-electron chi connectivity index (χ1n) is 5.58. The third-order valence-corrected chi connectivity index (χ3v) is 2.62. The third kappa shape index (κ3) is 3.11.